The molecular formula is C9H13F3S. The fraction of sp³-hybridized carbons (Fsp3) is 0.333. The molecule has 0 saturated heterocycles. The molecule has 0 spiro atoms. The van der Waals surface area contributed by atoms with Crippen LogP contribution in [0.25, 0.3) is 0 Å². The number of hydrogen-bond acceptors (Lipinski definition) is 0. The second-order valence-corrected chi connectivity index (χ2v) is 6.53. The topological polar surface area (TPSA) is 0 Å². The van der Waals surface area contributed by atoms with Gasteiger partial charge in [-0.2, -0.15) is 11.7 Å². The van der Waals surface area contributed by atoms with Crippen molar-refractivity contribution in [1.29, 1.82) is 0 Å². The lowest BCUT2D eigenvalue weighted by Gasteiger charge is -2.33. The zero-order valence-corrected chi connectivity index (χ0v) is 8.28. The van der Waals surface area contributed by atoms with E-state index in [1.54, 1.807) is 30.3 Å². The number of benzene rings is 1. The van der Waals surface area contributed by atoms with Crippen LogP contribution < -0.4 is 0 Å². The van der Waals surface area contributed by atoms with E-state index in [4.69, 9.17) is 0 Å². The van der Waals surface area contributed by atoms with Crippen LogP contribution in [-0.4, -0.2) is 12.0 Å². The molecule has 0 unspecified atom stereocenters. The molecule has 0 N–H and O–H groups in total. The lowest BCUT2D eigenvalue weighted by molar-refractivity contribution is 0.598. The Morgan fingerprint density at radius 1 is 1.08 bits per heavy atom. The highest BCUT2D eigenvalue weighted by Crippen LogP contribution is 2.71. The highest BCUT2D eigenvalue weighted by molar-refractivity contribution is 8.37. The predicted molar refractivity (Wildman–Crippen MR) is 53.2 cm³/mol. The molecule has 0 fully saturated rings. The molecule has 76 valence electrons. The first-order chi connectivity index (χ1) is 5.83. The van der Waals surface area contributed by atoms with Crippen LogP contribution in [0, 0.1) is 0 Å². The van der Waals surface area contributed by atoms with Crippen LogP contribution in [-0.2, 0) is 6.42 Å². The predicted octanol–water partition coefficient (Wildman–Crippen LogP) is 3.59. The number of aryl methyl sites for hydroxylation is 1. The van der Waals surface area contributed by atoms with Crippen LogP contribution in [0.1, 0.15) is 5.56 Å². The third kappa shape index (κ3) is 4.83. The van der Waals surface area contributed by atoms with Gasteiger partial charge in [0.05, 0.1) is 0 Å². The zero-order chi connectivity index (χ0) is 9.97. The Labute approximate surface area is 76.9 Å². The lowest BCUT2D eigenvalue weighted by Crippen LogP contribution is -2.04. The van der Waals surface area contributed by atoms with Crippen LogP contribution in [0.3, 0.4) is 0 Å². The van der Waals surface area contributed by atoms with E-state index in [-0.39, 0.29) is 6.42 Å². The van der Waals surface area contributed by atoms with Gasteiger partial charge in [-0.15, -0.1) is 0 Å². The summed E-state index contributed by atoms with van der Waals surface area (Å²) in [5.41, 5.74) is 0.756. The first-order valence-electron chi connectivity index (χ1n) is 4.03. The molecule has 1 aromatic carbocycles. The second kappa shape index (κ2) is 3.25. The average molecular weight is 210 g/mol. The van der Waals surface area contributed by atoms with Gasteiger partial charge < -0.3 is 0 Å². The van der Waals surface area contributed by atoms with E-state index in [1.807, 2.05) is 0 Å². The Morgan fingerprint density at radius 3 is 2.08 bits per heavy atom. The van der Waals surface area contributed by atoms with Crippen LogP contribution in [0.4, 0.5) is 11.7 Å². The van der Waals surface area contributed by atoms with Crippen LogP contribution in [0.2, 0.25) is 0 Å². The third-order valence-corrected chi connectivity index (χ3v) is 2.90. The number of halogens is 3. The van der Waals surface area contributed by atoms with E-state index in [1.165, 1.54) is 0 Å². The van der Waals surface area contributed by atoms with Crippen LogP contribution in [0.15, 0.2) is 30.3 Å². The Kier molecular flexibility index (Phi) is 2.61. The summed E-state index contributed by atoms with van der Waals surface area (Å²) < 4.78 is 37.7. The Balaban J connectivity index is 2.54. The monoisotopic (exact) mass is 210 g/mol. The summed E-state index contributed by atoms with van der Waals surface area (Å²) in [6.45, 7) is 0. The maximum Gasteiger partial charge on any atom is 0.0445 e. The minimum Gasteiger partial charge on any atom is -0.156 e. The Hall–Kier alpha value is -0.640. The van der Waals surface area contributed by atoms with Crippen molar-refractivity contribution in [1.82, 2.24) is 0 Å². The molecule has 0 amide bonds. The first-order valence-corrected chi connectivity index (χ1v) is 6.58. The van der Waals surface area contributed by atoms with Crippen LogP contribution in [0.5, 0.6) is 0 Å². The summed E-state index contributed by atoms with van der Waals surface area (Å²) in [4.78, 5) is 0. The third-order valence-electron chi connectivity index (χ3n) is 1.72. The van der Waals surface area contributed by atoms with Crippen molar-refractivity contribution in [2.24, 2.45) is 0 Å². The molecule has 0 saturated carbocycles. The molecule has 0 aliphatic heterocycles. The van der Waals surface area contributed by atoms with E-state index >= 15 is 0 Å². The molecule has 0 heterocycles. The minimum atomic E-state index is -5.80. The van der Waals surface area contributed by atoms with Gasteiger partial charge in [0, 0.05) is 22.3 Å². The van der Waals surface area contributed by atoms with E-state index in [0.29, 0.717) is 6.26 Å². The molecule has 0 atom stereocenters. The molecule has 13 heavy (non-hydrogen) atoms. The fourth-order valence-electron chi connectivity index (χ4n) is 1.01. The maximum atomic E-state index is 12.6. The van der Waals surface area contributed by atoms with Gasteiger partial charge in [-0.3, -0.25) is 0 Å². The summed E-state index contributed by atoms with van der Waals surface area (Å²) in [5, 5.41) is 0. The summed E-state index contributed by atoms with van der Waals surface area (Å²) >= 11 is 0. The van der Waals surface area contributed by atoms with Gasteiger partial charge in [-0.25, -0.2) is 0 Å². The SMILES string of the molecule is C[SH](F)(F)(F)CCc1ccccc1. The van der Waals surface area contributed by atoms with E-state index in [2.05, 4.69) is 0 Å². The number of hydrogen-bond donors (Lipinski definition) is 1. The molecule has 0 bridgehead atoms. The van der Waals surface area contributed by atoms with Crippen molar-refractivity contribution in [3.8, 4) is 0 Å². The van der Waals surface area contributed by atoms with Crippen molar-refractivity contribution in [3.63, 3.8) is 0 Å². The lowest BCUT2D eigenvalue weighted by atomic mass is 10.2. The molecule has 0 nitrogen and oxygen atoms in total. The highest BCUT2D eigenvalue weighted by atomic mass is 32.4. The Bertz CT molecular complexity index is 267. The molecule has 0 aliphatic rings. The van der Waals surface area contributed by atoms with Crippen molar-refractivity contribution < 1.29 is 11.7 Å². The van der Waals surface area contributed by atoms with Gasteiger partial charge >= 0.3 is 0 Å². The van der Waals surface area contributed by atoms with Crippen molar-refractivity contribution >= 4 is 10.3 Å². The standard InChI is InChI=1S/C9H13F3S/c1-13(10,11,12)8-7-9-5-3-2-4-6-9/h2-6,13H,7-8H2,1H3. The molecule has 1 aromatic rings. The zero-order valence-electron chi connectivity index (χ0n) is 7.38. The minimum absolute atomic E-state index is 0.110. The van der Waals surface area contributed by atoms with Crippen molar-refractivity contribution in [2.45, 2.75) is 6.42 Å². The molecule has 0 aromatic heterocycles. The molecule has 0 radical (unpaired) electrons. The highest BCUT2D eigenvalue weighted by Gasteiger charge is 2.30. The first kappa shape index (κ1) is 10.4. The molecule has 0 aliphatic carbocycles. The van der Waals surface area contributed by atoms with E-state index < -0.39 is 16.1 Å². The summed E-state index contributed by atoms with van der Waals surface area (Å²) in [5.74, 6) is -0.643. The summed E-state index contributed by atoms with van der Waals surface area (Å²) in [6.07, 6.45) is 0.549. The fourth-order valence-corrected chi connectivity index (χ4v) is 1.75. The van der Waals surface area contributed by atoms with Gasteiger partial charge in [-0.1, -0.05) is 30.3 Å². The van der Waals surface area contributed by atoms with Gasteiger partial charge in [0.2, 0.25) is 0 Å². The summed E-state index contributed by atoms with van der Waals surface area (Å²) in [6, 6.07) is 8.77. The average Bonchev–Trinajstić information content (AvgIpc) is 2.01. The van der Waals surface area contributed by atoms with E-state index in [0.717, 1.165) is 5.56 Å². The van der Waals surface area contributed by atoms with Gasteiger partial charge in [0.1, 0.15) is 0 Å². The van der Waals surface area contributed by atoms with Gasteiger partial charge in [0.25, 0.3) is 0 Å². The maximum absolute atomic E-state index is 12.6. The number of rotatable bonds is 3. The van der Waals surface area contributed by atoms with Gasteiger partial charge in [0.15, 0.2) is 0 Å². The quantitative estimate of drug-likeness (QED) is 0.724. The molecule has 4 heteroatoms. The van der Waals surface area contributed by atoms with E-state index in [9.17, 15) is 11.7 Å². The van der Waals surface area contributed by atoms with Crippen molar-refractivity contribution in [3.05, 3.63) is 35.9 Å². The van der Waals surface area contributed by atoms with Gasteiger partial charge in [-0.05, 0) is 12.0 Å². The molecule has 1 rings (SSSR count). The largest absolute Gasteiger partial charge is 0.156 e. The number of thiol groups is 1. The summed E-state index contributed by atoms with van der Waals surface area (Å²) in [7, 11) is -5.80. The Morgan fingerprint density at radius 2 is 1.62 bits per heavy atom. The van der Waals surface area contributed by atoms with Crippen LogP contribution >= 0.6 is 10.3 Å². The second-order valence-electron chi connectivity index (χ2n) is 3.33. The normalized spacial score (nSPS) is 14.9. The van der Waals surface area contributed by atoms with Crippen molar-refractivity contribution in [2.75, 3.05) is 12.0 Å². The molecular weight excluding hydrogens is 197 g/mol. The smallest absolute Gasteiger partial charge is 0.0445 e.